The van der Waals surface area contributed by atoms with Gasteiger partial charge in [0.1, 0.15) is 6.54 Å². The van der Waals surface area contributed by atoms with Crippen molar-refractivity contribution in [3.63, 3.8) is 0 Å². The highest BCUT2D eigenvalue weighted by Crippen LogP contribution is 2.31. The summed E-state index contributed by atoms with van der Waals surface area (Å²) in [6.07, 6.45) is 1.74. The Morgan fingerprint density at radius 3 is 2.79 bits per heavy atom. The van der Waals surface area contributed by atoms with E-state index in [0.29, 0.717) is 24.6 Å². The lowest BCUT2D eigenvalue weighted by Gasteiger charge is -2.41. The molecule has 7 heteroatoms. The van der Waals surface area contributed by atoms with Crippen LogP contribution in [0.2, 0.25) is 0 Å². The molecule has 0 saturated heterocycles. The standard InChI is InChI=1S/C17H20BrN3O3/c1-3-14-13-6-10(18)4-5-12(13)16(23)21(20-14)9-15(22)19-11-7-17(2,24)8-11/h4-6,11,24H,3,7-9H2,1-2H3,(H,19,22)/t11-,17+. The van der Waals surface area contributed by atoms with Gasteiger partial charge in [0.2, 0.25) is 5.91 Å². The molecule has 0 aliphatic heterocycles. The van der Waals surface area contributed by atoms with Gasteiger partial charge in [0.25, 0.3) is 5.56 Å². The van der Waals surface area contributed by atoms with Crippen molar-refractivity contribution >= 4 is 32.6 Å². The fourth-order valence-corrected chi connectivity index (χ4v) is 3.57. The summed E-state index contributed by atoms with van der Waals surface area (Å²) in [6.45, 7) is 3.60. The van der Waals surface area contributed by atoms with Crippen molar-refractivity contribution in [2.75, 3.05) is 0 Å². The first-order valence-electron chi connectivity index (χ1n) is 8.00. The molecule has 1 amide bonds. The van der Waals surface area contributed by atoms with E-state index in [1.54, 1.807) is 13.0 Å². The van der Waals surface area contributed by atoms with E-state index in [1.165, 1.54) is 4.68 Å². The molecule has 3 rings (SSSR count). The van der Waals surface area contributed by atoms with Gasteiger partial charge in [0.15, 0.2) is 0 Å². The highest BCUT2D eigenvalue weighted by molar-refractivity contribution is 9.10. The molecule has 0 radical (unpaired) electrons. The molecular weight excluding hydrogens is 374 g/mol. The molecular formula is C17H20BrN3O3. The van der Waals surface area contributed by atoms with Gasteiger partial charge in [0.05, 0.1) is 16.7 Å². The Morgan fingerprint density at radius 2 is 2.17 bits per heavy atom. The number of benzene rings is 1. The minimum absolute atomic E-state index is 0.0368. The number of halogens is 1. The van der Waals surface area contributed by atoms with E-state index in [-0.39, 0.29) is 24.1 Å². The number of aliphatic hydroxyl groups is 1. The molecule has 1 aliphatic carbocycles. The van der Waals surface area contributed by atoms with Crippen LogP contribution in [-0.4, -0.2) is 32.4 Å². The number of rotatable bonds is 4. The van der Waals surface area contributed by atoms with Crippen LogP contribution in [0.25, 0.3) is 10.8 Å². The van der Waals surface area contributed by atoms with Crippen LogP contribution in [0.15, 0.2) is 27.5 Å². The molecule has 24 heavy (non-hydrogen) atoms. The second-order valence-corrected chi connectivity index (χ2v) is 7.54. The SMILES string of the molecule is CCc1nn(CC(=O)N[C@H]2C[C@@](C)(O)C2)c(=O)c2ccc(Br)cc12. The average Bonchev–Trinajstić information content (AvgIpc) is 2.48. The number of carbonyl (C=O) groups excluding carboxylic acids is 1. The number of aryl methyl sites for hydroxylation is 1. The van der Waals surface area contributed by atoms with Crippen molar-refractivity contribution in [1.82, 2.24) is 15.1 Å². The van der Waals surface area contributed by atoms with Crippen LogP contribution in [-0.2, 0) is 17.8 Å². The lowest BCUT2D eigenvalue weighted by molar-refractivity contribution is -0.125. The molecule has 1 aromatic heterocycles. The predicted octanol–water partition coefficient (Wildman–Crippen LogP) is 1.75. The molecule has 0 bridgehead atoms. The summed E-state index contributed by atoms with van der Waals surface area (Å²) in [5, 5.41) is 18.3. The zero-order valence-corrected chi connectivity index (χ0v) is 15.3. The summed E-state index contributed by atoms with van der Waals surface area (Å²) >= 11 is 3.41. The molecule has 0 spiro atoms. The summed E-state index contributed by atoms with van der Waals surface area (Å²) < 4.78 is 2.11. The van der Waals surface area contributed by atoms with E-state index in [2.05, 4.69) is 26.3 Å². The molecule has 6 nitrogen and oxygen atoms in total. The minimum atomic E-state index is -0.696. The Hall–Kier alpha value is -1.73. The first kappa shape index (κ1) is 17.1. The lowest BCUT2D eigenvalue weighted by Crippen LogP contribution is -2.54. The Bertz CT molecular complexity index is 852. The van der Waals surface area contributed by atoms with Gasteiger partial charge in [-0.25, -0.2) is 4.68 Å². The van der Waals surface area contributed by atoms with Crippen LogP contribution < -0.4 is 10.9 Å². The minimum Gasteiger partial charge on any atom is -0.390 e. The van der Waals surface area contributed by atoms with Gasteiger partial charge in [-0.3, -0.25) is 9.59 Å². The van der Waals surface area contributed by atoms with Crippen LogP contribution in [0.4, 0.5) is 0 Å². The fourth-order valence-electron chi connectivity index (χ4n) is 3.21. The Kier molecular flexibility index (Phi) is 4.48. The maximum absolute atomic E-state index is 12.6. The molecule has 2 N–H and O–H groups in total. The maximum atomic E-state index is 12.6. The van der Waals surface area contributed by atoms with Crippen LogP contribution >= 0.6 is 15.9 Å². The number of carbonyl (C=O) groups is 1. The first-order valence-corrected chi connectivity index (χ1v) is 8.79. The van der Waals surface area contributed by atoms with E-state index in [0.717, 1.165) is 15.6 Å². The number of aromatic nitrogens is 2. The summed E-state index contributed by atoms with van der Waals surface area (Å²) in [7, 11) is 0. The molecule has 1 saturated carbocycles. The third-order valence-electron chi connectivity index (χ3n) is 4.36. The number of fused-ring (bicyclic) bond motifs is 1. The van der Waals surface area contributed by atoms with Crippen LogP contribution in [0.1, 0.15) is 32.4 Å². The van der Waals surface area contributed by atoms with E-state index >= 15 is 0 Å². The van der Waals surface area contributed by atoms with Gasteiger partial charge in [-0.2, -0.15) is 5.10 Å². The number of nitrogens with one attached hydrogen (secondary N) is 1. The Labute approximate surface area is 148 Å². The predicted molar refractivity (Wildman–Crippen MR) is 94.9 cm³/mol. The van der Waals surface area contributed by atoms with Gasteiger partial charge < -0.3 is 10.4 Å². The number of amides is 1. The van der Waals surface area contributed by atoms with Crippen molar-refractivity contribution in [1.29, 1.82) is 0 Å². The number of nitrogens with zero attached hydrogens (tertiary/aromatic N) is 2. The van der Waals surface area contributed by atoms with Crippen molar-refractivity contribution < 1.29 is 9.90 Å². The largest absolute Gasteiger partial charge is 0.390 e. The van der Waals surface area contributed by atoms with Crippen LogP contribution in [0.5, 0.6) is 0 Å². The normalized spacial score (nSPS) is 23.1. The molecule has 1 aliphatic rings. The van der Waals surface area contributed by atoms with Crippen LogP contribution in [0.3, 0.4) is 0 Å². The van der Waals surface area contributed by atoms with Gasteiger partial charge in [-0.15, -0.1) is 0 Å². The van der Waals surface area contributed by atoms with Crippen LogP contribution in [0, 0.1) is 0 Å². The van der Waals surface area contributed by atoms with Crippen molar-refractivity contribution in [3.8, 4) is 0 Å². The average molecular weight is 394 g/mol. The molecule has 1 aromatic carbocycles. The van der Waals surface area contributed by atoms with E-state index in [4.69, 9.17) is 0 Å². The third-order valence-corrected chi connectivity index (χ3v) is 4.86. The van der Waals surface area contributed by atoms with Gasteiger partial charge >= 0.3 is 0 Å². The molecule has 128 valence electrons. The molecule has 0 atom stereocenters. The summed E-state index contributed by atoms with van der Waals surface area (Å²) in [4.78, 5) is 24.7. The summed E-state index contributed by atoms with van der Waals surface area (Å²) in [5.74, 6) is -0.261. The topological polar surface area (TPSA) is 84.2 Å². The first-order chi connectivity index (χ1) is 11.3. The van der Waals surface area contributed by atoms with Gasteiger partial charge in [0, 0.05) is 15.9 Å². The maximum Gasteiger partial charge on any atom is 0.275 e. The quantitative estimate of drug-likeness (QED) is 0.828. The molecule has 1 fully saturated rings. The molecule has 0 unspecified atom stereocenters. The van der Waals surface area contributed by atoms with Gasteiger partial charge in [-0.1, -0.05) is 22.9 Å². The second-order valence-electron chi connectivity index (χ2n) is 6.62. The smallest absolute Gasteiger partial charge is 0.275 e. The molecule has 1 heterocycles. The monoisotopic (exact) mass is 393 g/mol. The van der Waals surface area contributed by atoms with Crippen molar-refractivity contribution in [3.05, 3.63) is 38.7 Å². The molecule has 2 aromatic rings. The zero-order chi connectivity index (χ0) is 17.5. The van der Waals surface area contributed by atoms with E-state index < -0.39 is 5.60 Å². The van der Waals surface area contributed by atoms with E-state index in [9.17, 15) is 14.7 Å². The summed E-state index contributed by atoms with van der Waals surface area (Å²) in [6, 6.07) is 5.40. The zero-order valence-electron chi connectivity index (χ0n) is 13.7. The summed E-state index contributed by atoms with van der Waals surface area (Å²) in [5.41, 5.74) is -0.186. The second kappa shape index (κ2) is 6.29. The van der Waals surface area contributed by atoms with Crippen molar-refractivity contribution in [2.24, 2.45) is 0 Å². The third kappa shape index (κ3) is 3.37. The lowest BCUT2D eigenvalue weighted by atomic mass is 9.77. The Morgan fingerprint density at radius 1 is 1.46 bits per heavy atom. The number of hydrogen-bond donors (Lipinski definition) is 2. The van der Waals surface area contributed by atoms with E-state index in [1.807, 2.05) is 19.1 Å². The van der Waals surface area contributed by atoms with Crippen molar-refractivity contribution in [2.45, 2.75) is 51.3 Å². The highest BCUT2D eigenvalue weighted by Gasteiger charge is 2.39. The fraction of sp³-hybridized carbons (Fsp3) is 0.471. The Balaban J connectivity index is 1.84. The highest BCUT2D eigenvalue weighted by atomic mass is 79.9. The number of hydrogen-bond acceptors (Lipinski definition) is 4. The van der Waals surface area contributed by atoms with Gasteiger partial charge in [-0.05, 0) is 44.4 Å².